The SMILES string of the molecule is COB1CCCC2CN(C(=O)CN)CC2(N)C(=O)O1. The highest BCUT2D eigenvalue weighted by atomic mass is 16.6. The highest BCUT2D eigenvalue weighted by molar-refractivity contribution is 6.47. The van der Waals surface area contributed by atoms with Crippen molar-refractivity contribution in [1.82, 2.24) is 4.90 Å². The van der Waals surface area contributed by atoms with Gasteiger partial charge in [-0.05, 0) is 12.7 Å². The number of carbonyl (C=O) groups excluding carboxylic acids is 2. The maximum Gasteiger partial charge on any atom is 0.527 e. The van der Waals surface area contributed by atoms with Crippen LogP contribution in [0.2, 0.25) is 6.32 Å². The lowest BCUT2D eigenvalue weighted by Crippen LogP contribution is -2.58. The van der Waals surface area contributed by atoms with Crippen LogP contribution in [0.3, 0.4) is 0 Å². The van der Waals surface area contributed by atoms with Crippen LogP contribution in [0.25, 0.3) is 0 Å². The molecule has 0 bridgehead atoms. The minimum Gasteiger partial charge on any atom is -0.508 e. The molecule has 4 N–H and O–H groups in total. The summed E-state index contributed by atoms with van der Waals surface area (Å²) >= 11 is 0. The molecule has 8 heteroatoms. The largest absolute Gasteiger partial charge is 0.527 e. The number of nitrogens with zero attached hydrogens (tertiary/aromatic N) is 1. The van der Waals surface area contributed by atoms with E-state index in [1.165, 1.54) is 7.11 Å². The van der Waals surface area contributed by atoms with Gasteiger partial charge < -0.3 is 25.7 Å². The Labute approximate surface area is 112 Å². The summed E-state index contributed by atoms with van der Waals surface area (Å²) in [5.41, 5.74) is 10.4. The highest BCUT2D eigenvalue weighted by Gasteiger charge is 2.52. The Morgan fingerprint density at radius 3 is 3.05 bits per heavy atom. The fraction of sp³-hybridized carbons (Fsp3) is 0.818. The quantitative estimate of drug-likeness (QED) is 0.595. The van der Waals surface area contributed by atoms with Crippen LogP contribution in [0.5, 0.6) is 0 Å². The predicted octanol–water partition coefficient (Wildman–Crippen LogP) is -1.43. The van der Waals surface area contributed by atoms with E-state index in [-0.39, 0.29) is 24.9 Å². The minimum atomic E-state index is -1.14. The van der Waals surface area contributed by atoms with Crippen LogP contribution in [0.4, 0.5) is 0 Å². The maximum absolute atomic E-state index is 12.2. The van der Waals surface area contributed by atoms with Crippen LogP contribution < -0.4 is 11.5 Å². The molecular weight excluding hydrogens is 249 g/mol. The zero-order valence-corrected chi connectivity index (χ0v) is 11.1. The summed E-state index contributed by atoms with van der Waals surface area (Å²) in [4.78, 5) is 25.4. The predicted molar refractivity (Wildman–Crippen MR) is 68.9 cm³/mol. The Hall–Kier alpha value is -1.12. The fourth-order valence-electron chi connectivity index (χ4n) is 2.82. The van der Waals surface area contributed by atoms with Crippen molar-refractivity contribution in [2.75, 3.05) is 26.7 Å². The molecule has 2 unspecified atom stereocenters. The maximum atomic E-state index is 12.2. The first-order valence-electron chi connectivity index (χ1n) is 6.52. The number of rotatable bonds is 2. The summed E-state index contributed by atoms with van der Waals surface area (Å²) in [7, 11) is 0.951. The Balaban J connectivity index is 2.16. The summed E-state index contributed by atoms with van der Waals surface area (Å²) in [5.74, 6) is -0.752. The van der Waals surface area contributed by atoms with E-state index in [0.29, 0.717) is 12.9 Å². The third-order valence-electron chi connectivity index (χ3n) is 4.02. The molecule has 0 spiro atoms. The molecule has 2 fully saturated rings. The van der Waals surface area contributed by atoms with Crippen molar-refractivity contribution in [3.8, 4) is 0 Å². The van der Waals surface area contributed by atoms with Crippen LogP contribution >= 0.6 is 0 Å². The second kappa shape index (κ2) is 5.48. The third kappa shape index (κ3) is 2.61. The lowest BCUT2D eigenvalue weighted by Gasteiger charge is -2.31. The number of carbonyl (C=O) groups is 2. The van der Waals surface area contributed by atoms with Gasteiger partial charge in [0, 0.05) is 26.1 Å². The van der Waals surface area contributed by atoms with Crippen LogP contribution in [-0.2, 0) is 18.9 Å². The van der Waals surface area contributed by atoms with Crippen molar-refractivity contribution < 1.29 is 18.9 Å². The van der Waals surface area contributed by atoms with Gasteiger partial charge in [0.1, 0.15) is 5.54 Å². The monoisotopic (exact) mass is 269 g/mol. The van der Waals surface area contributed by atoms with Crippen molar-refractivity contribution in [3.63, 3.8) is 0 Å². The normalized spacial score (nSPS) is 31.5. The van der Waals surface area contributed by atoms with Gasteiger partial charge in [-0.15, -0.1) is 0 Å². The second-order valence-corrected chi connectivity index (χ2v) is 5.22. The lowest BCUT2D eigenvalue weighted by atomic mass is 9.75. The first-order chi connectivity index (χ1) is 9.01. The lowest BCUT2D eigenvalue weighted by molar-refractivity contribution is -0.143. The summed E-state index contributed by atoms with van der Waals surface area (Å²) in [6.07, 6.45) is 2.28. The van der Waals surface area contributed by atoms with Gasteiger partial charge in [0.05, 0.1) is 6.54 Å². The van der Waals surface area contributed by atoms with E-state index in [1.54, 1.807) is 4.90 Å². The van der Waals surface area contributed by atoms with E-state index in [1.807, 2.05) is 0 Å². The first kappa shape index (κ1) is 14.3. The number of hydrogen-bond acceptors (Lipinski definition) is 6. The molecule has 1 amide bonds. The van der Waals surface area contributed by atoms with Gasteiger partial charge in [-0.25, -0.2) is 0 Å². The van der Waals surface area contributed by atoms with E-state index < -0.39 is 18.6 Å². The smallest absolute Gasteiger partial charge is 0.508 e. The topological polar surface area (TPSA) is 108 Å². The average Bonchev–Trinajstić information content (AvgIpc) is 2.73. The second-order valence-electron chi connectivity index (χ2n) is 5.22. The molecule has 0 aromatic heterocycles. The molecule has 2 saturated heterocycles. The molecule has 0 aliphatic carbocycles. The Morgan fingerprint density at radius 2 is 2.42 bits per heavy atom. The molecule has 2 heterocycles. The first-order valence-corrected chi connectivity index (χ1v) is 6.52. The molecule has 2 atom stereocenters. The fourth-order valence-corrected chi connectivity index (χ4v) is 2.82. The van der Waals surface area contributed by atoms with E-state index in [9.17, 15) is 9.59 Å². The Bertz CT molecular complexity index is 381. The van der Waals surface area contributed by atoms with Gasteiger partial charge in [-0.3, -0.25) is 9.59 Å². The van der Waals surface area contributed by atoms with Gasteiger partial charge in [-0.2, -0.15) is 0 Å². The van der Waals surface area contributed by atoms with Gasteiger partial charge in [0.15, 0.2) is 0 Å². The van der Waals surface area contributed by atoms with Crippen molar-refractivity contribution in [2.45, 2.75) is 24.7 Å². The highest BCUT2D eigenvalue weighted by Crippen LogP contribution is 2.33. The Kier molecular flexibility index (Phi) is 4.12. The third-order valence-corrected chi connectivity index (χ3v) is 4.02. The number of amides is 1. The van der Waals surface area contributed by atoms with Gasteiger partial charge >= 0.3 is 13.1 Å². The summed E-state index contributed by atoms with van der Waals surface area (Å²) in [5, 5.41) is 0. The molecule has 0 radical (unpaired) electrons. The van der Waals surface area contributed by atoms with Crippen LogP contribution in [0.15, 0.2) is 0 Å². The van der Waals surface area contributed by atoms with Crippen LogP contribution in [0.1, 0.15) is 12.8 Å². The minimum absolute atomic E-state index is 0.0709. The molecule has 0 aromatic carbocycles. The number of nitrogens with two attached hydrogens (primary N) is 2. The van der Waals surface area contributed by atoms with E-state index in [2.05, 4.69) is 0 Å². The van der Waals surface area contributed by atoms with Crippen molar-refractivity contribution in [3.05, 3.63) is 0 Å². The van der Waals surface area contributed by atoms with Gasteiger partial charge in [0.2, 0.25) is 5.91 Å². The van der Waals surface area contributed by atoms with Crippen LogP contribution in [-0.4, -0.2) is 56.2 Å². The zero-order valence-electron chi connectivity index (χ0n) is 11.1. The van der Waals surface area contributed by atoms with Crippen molar-refractivity contribution >= 4 is 19.0 Å². The number of fused-ring (bicyclic) bond motifs is 1. The van der Waals surface area contributed by atoms with Crippen LogP contribution in [0, 0.1) is 5.92 Å². The Morgan fingerprint density at radius 1 is 1.68 bits per heavy atom. The molecule has 19 heavy (non-hydrogen) atoms. The zero-order chi connectivity index (χ0) is 14.0. The standard InChI is InChI=1S/C11H20BN3O4/c1-18-12-4-2-3-8-6-15(9(16)5-13)7-11(8,14)10(17)19-12/h8H,2-7,13-14H2,1H3. The summed E-state index contributed by atoms with van der Waals surface area (Å²) < 4.78 is 10.4. The number of likely N-dealkylation sites (tertiary alicyclic amines) is 1. The molecule has 2 aliphatic rings. The molecular formula is C11H20BN3O4. The molecule has 2 rings (SSSR count). The molecule has 2 aliphatic heterocycles. The summed E-state index contributed by atoms with van der Waals surface area (Å²) in [6.45, 7) is 0.570. The summed E-state index contributed by atoms with van der Waals surface area (Å²) in [6, 6.07) is 0. The molecule has 7 nitrogen and oxygen atoms in total. The molecule has 0 saturated carbocycles. The van der Waals surface area contributed by atoms with E-state index in [0.717, 1.165) is 12.8 Å². The molecule has 0 aromatic rings. The van der Waals surface area contributed by atoms with E-state index >= 15 is 0 Å². The number of hydrogen-bond donors (Lipinski definition) is 2. The molecule has 106 valence electrons. The average molecular weight is 269 g/mol. The van der Waals surface area contributed by atoms with Crippen molar-refractivity contribution in [2.24, 2.45) is 17.4 Å². The van der Waals surface area contributed by atoms with Gasteiger partial charge in [-0.1, -0.05) is 6.42 Å². The van der Waals surface area contributed by atoms with Crippen molar-refractivity contribution in [1.29, 1.82) is 0 Å². The van der Waals surface area contributed by atoms with Gasteiger partial charge in [0.25, 0.3) is 0 Å². The van der Waals surface area contributed by atoms with E-state index in [4.69, 9.17) is 20.8 Å².